The molecule has 0 unspecified atom stereocenters. The van der Waals surface area contributed by atoms with Gasteiger partial charge in [0.05, 0.1) is 0 Å². The third-order valence-electron chi connectivity index (χ3n) is 9.14. The molecule has 1 aromatic rings. The Balaban J connectivity index is 3.25. The van der Waals surface area contributed by atoms with Crippen molar-refractivity contribution in [2.24, 2.45) is 0 Å². The molecule has 0 heterocycles. The van der Waals surface area contributed by atoms with Crippen molar-refractivity contribution in [2.45, 2.75) is 156 Å². The van der Waals surface area contributed by atoms with Gasteiger partial charge in [-0.1, -0.05) is 0 Å². The number of rotatable bonds is 24. The van der Waals surface area contributed by atoms with Gasteiger partial charge in [0.15, 0.2) is 0 Å². The molecule has 0 atom stereocenters. The molecule has 38 heavy (non-hydrogen) atoms. The minimum atomic E-state index is -2.27. The standard InChI is InChI=1S/C10H12ClN.6C4H9.2Sn/c1-8-4-5-10(11)6-9(8)7-12(2)3;6*1-3-4-2;;/h4-6H,1-2,7H2,3H3;6*1,3-4H2,2H3;;. The molecule has 1 rings (SSSR count). The Labute approximate surface area is 253 Å². The molecule has 0 fully saturated rings. The maximum atomic E-state index is 6.67. The summed E-state index contributed by atoms with van der Waals surface area (Å²) in [6.45, 7) is 15.5. The van der Waals surface area contributed by atoms with Gasteiger partial charge < -0.3 is 0 Å². The zero-order chi connectivity index (χ0) is 28.3. The maximum absolute atomic E-state index is 6.67. The van der Waals surface area contributed by atoms with E-state index < -0.39 is 36.8 Å². The Kier molecular flexibility index (Phi) is 21.2. The summed E-state index contributed by atoms with van der Waals surface area (Å²) in [5.74, 6) is 0. The molecule has 222 valence electrons. The molecule has 0 spiro atoms. The first-order chi connectivity index (χ1) is 18.3. The van der Waals surface area contributed by atoms with Crippen LogP contribution in [0.3, 0.4) is 0 Å². The van der Waals surface area contributed by atoms with Crippen LogP contribution < -0.4 is 0 Å². The summed E-state index contributed by atoms with van der Waals surface area (Å²) in [5.41, 5.74) is 3.24. The van der Waals surface area contributed by atoms with Crippen molar-refractivity contribution in [1.29, 1.82) is 0 Å². The Morgan fingerprint density at radius 2 is 0.974 bits per heavy atom. The van der Waals surface area contributed by atoms with Gasteiger partial charge in [0, 0.05) is 0 Å². The van der Waals surface area contributed by atoms with Gasteiger partial charge in [0.25, 0.3) is 0 Å². The van der Waals surface area contributed by atoms with Crippen LogP contribution in [-0.2, 0) is 11.0 Å². The monoisotopic (exact) mass is 763 g/mol. The van der Waals surface area contributed by atoms with E-state index in [-0.39, 0.29) is 0 Å². The van der Waals surface area contributed by atoms with Gasteiger partial charge in [0.2, 0.25) is 0 Å². The van der Waals surface area contributed by atoms with E-state index in [1.165, 1.54) is 86.0 Å². The van der Waals surface area contributed by atoms with Crippen LogP contribution in [0.15, 0.2) is 18.2 Å². The predicted molar refractivity (Wildman–Crippen MR) is 181 cm³/mol. The first kappa shape index (κ1) is 37.1. The van der Waals surface area contributed by atoms with E-state index in [2.05, 4.69) is 71.7 Å². The molecular formula is C34H66ClNSn2. The molecule has 0 aromatic heterocycles. The molecular weight excluding hydrogens is 695 g/mol. The van der Waals surface area contributed by atoms with Crippen LogP contribution in [0.25, 0.3) is 0 Å². The van der Waals surface area contributed by atoms with E-state index in [9.17, 15) is 0 Å². The molecule has 0 N–H and O–H groups in total. The van der Waals surface area contributed by atoms with E-state index in [1.54, 1.807) is 37.7 Å². The summed E-state index contributed by atoms with van der Waals surface area (Å²) < 4.78 is 12.5. The molecule has 4 heteroatoms. The molecule has 1 aromatic carbocycles. The SMILES string of the molecule is CCC[CH2][Sn]([CH2]CCC)([CH2]CCC)[CH2]c1ccc(Cl)cc1CN(C)[CH2][Sn]([CH2]CCC)([CH2]CCC)[CH2]CCC. The summed E-state index contributed by atoms with van der Waals surface area (Å²) in [6, 6.07) is 7.00. The zero-order valence-corrected chi connectivity index (χ0v) is 33.4. The Morgan fingerprint density at radius 3 is 1.37 bits per heavy atom. The van der Waals surface area contributed by atoms with Crippen LogP contribution >= 0.6 is 11.6 Å². The molecule has 1 nitrogen and oxygen atoms in total. The van der Waals surface area contributed by atoms with Crippen molar-refractivity contribution in [3.05, 3.63) is 34.3 Å². The Hall–Kier alpha value is 1.07. The molecule has 0 aliphatic heterocycles. The summed E-state index contributed by atoms with van der Waals surface area (Å²) in [6.07, 6.45) is 16.9. The quantitative estimate of drug-likeness (QED) is 0.0949. The third kappa shape index (κ3) is 14.3. The van der Waals surface area contributed by atoms with Crippen LogP contribution in [0.4, 0.5) is 0 Å². The Morgan fingerprint density at radius 1 is 0.579 bits per heavy atom. The van der Waals surface area contributed by atoms with Gasteiger partial charge >= 0.3 is 255 Å². The van der Waals surface area contributed by atoms with Gasteiger partial charge in [0.1, 0.15) is 0 Å². The van der Waals surface area contributed by atoms with Gasteiger partial charge in [-0.3, -0.25) is 0 Å². The second-order valence-electron chi connectivity index (χ2n) is 12.9. The number of hydrogen-bond donors (Lipinski definition) is 0. The molecule has 0 radical (unpaired) electrons. The van der Waals surface area contributed by atoms with Crippen molar-refractivity contribution < 1.29 is 0 Å². The second kappa shape index (κ2) is 21.7. The predicted octanol–water partition coefficient (Wildman–Crippen LogP) is 12.1. The second-order valence-corrected chi connectivity index (χ2v) is 40.9. The fourth-order valence-corrected chi connectivity index (χ4v) is 39.9. The average molecular weight is 762 g/mol. The first-order valence-electron chi connectivity index (χ1n) is 16.8. The van der Waals surface area contributed by atoms with Crippen LogP contribution in [0.1, 0.15) is 130 Å². The summed E-state index contributed by atoms with van der Waals surface area (Å²) in [7, 11) is 2.45. The van der Waals surface area contributed by atoms with Crippen LogP contribution in [-0.4, -0.2) is 53.3 Å². The number of unbranched alkanes of at least 4 members (excludes halogenated alkanes) is 6. The normalized spacial score (nSPS) is 12.6. The van der Waals surface area contributed by atoms with E-state index in [1.807, 2.05) is 0 Å². The minimum absolute atomic E-state index is 0.936. The van der Waals surface area contributed by atoms with E-state index in [0.717, 1.165) is 11.6 Å². The van der Waals surface area contributed by atoms with Gasteiger partial charge in [-0.25, -0.2) is 0 Å². The molecule has 0 amide bonds. The summed E-state index contributed by atoms with van der Waals surface area (Å²) in [5, 5.41) is 0.936. The van der Waals surface area contributed by atoms with E-state index in [4.69, 9.17) is 11.6 Å². The molecule has 0 bridgehead atoms. The molecule has 0 aliphatic rings. The topological polar surface area (TPSA) is 3.24 Å². The fraction of sp³-hybridized carbons (Fsp3) is 0.824. The van der Waals surface area contributed by atoms with Crippen LogP contribution in [0, 0.1) is 0 Å². The number of nitrogens with zero attached hydrogens (tertiary/aromatic N) is 1. The van der Waals surface area contributed by atoms with Crippen molar-refractivity contribution in [3.8, 4) is 0 Å². The van der Waals surface area contributed by atoms with E-state index in [0.29, 0.717) is 0 Å². The summed E-state index contributed by atoms with van der Waals surface area (Å²) in [4.78, 5) is 2.77. The van der Waals surface area contributed by atoms with Crippen molar-refractivity contribution in [2.75, 3.05) is 11.6 Å². The molecule has 0 saturated carbocycles. The van der Waals surface area contributed by atoms with Crippen molar-refractivity contribution in [3.63, 3.8) is 0 Å². The fourth-order valence-electron chi connectivity index (χ4n) is 6.80. The van der Waals surface area contributed by atoms with Crippen molar-refractivity contribution in [1.82, 2.24) is 4.90 Å². The summed E-state index contributed by atoms with van der Waals surface area (Å²) >= 11 is 2.20. The third-order valence-corrected chi connectivity index (χ3v) is 40.3. The molecule has 0 aliphatic carbocycles. The number of hydrogen-bond acceptors (Lipinski definition) is 1. The molecule has 0 saturated heterocycles. The average Bonchev–Trinajstić information content (AvgIpc) is 2.91. The van der Waals surface area contributed by atoms with Gasteiger partial charge in [-0.2, -0.15) is 0 Å². The van der Waals surface area contributed by atoms with Gasteiger partial charge in [-0.15, -0.1) is 0 Å². The van der Waals surface area contributed by atoms with Crippen molar-refractivity contribution >= 4 is 48.4 Å². The van der Waals surface area contributed by atoms with Crippen LogP contribution in [0.2, 0.25) is 31.6 Å². The van der Waals surface area contributed by atoms with Crippen LogP contribution in [0.5, 0.6) is 0 Å². The first-order valence-corrected chi connectivity index (χ1v) is 33.3. The number of benzene rings is 1. The number of halogens is 1. The Bertz CT molecular complexity index is 679. The van der Waals surface area contributed by atoms with E-state index >= 15 is 0 Å². The van der Waals surface area contributed by atoms with Gasteiger partial charge in [-0.05, 0) is 0 Å². The zero-order valence-electron chi connectivity index (χ0n) is 26.9.